The van der Waals surface area contributed by atoms with Crippen LogP contribution in [0, 0.1) is 18.6 Å². The minimum Gasteiger partial charge on any atom is -0.361 e. The zero-order valence-electron chi connectivity index (χ0n) is 21.4. The molecule has 12 heteroatoms. The molecule has 0 aliphatic carbocycles. The molecular weight excluding hydrogens is 498 g/mol. The number of rotatable bonds is 8. The summed E-state index contributed by atoms with van der Waals surface area (Å²) in [5.41, 5.74) is 0.418. The number of H-pyrrole nitrogens is 1. The first-order valence-corrected chi connectivity index (χ1v) is 12.5. The van der Waals surface area contributed by atoms with Crippen LogP contribution in [0.15, 0.2) is 35.0 Å². The second-order valence-corrected chi connectivity index (χ2v) is 9.52. The third-order valence-corrected chi connectivity index (χ3v) is 6.57. The predicted molar refractivity (Wildman–Crippen MR) is 133 cm³/mol. The first kappa shape index (κ1) is 27.0. The lowest BCUT2D eigenvalue weighted by molar-refractivity contribution is -0.137. The lowest BCUT2D eigenvalue weighted by atomic mass is 10.0. The van der Waals surface area contributed by atoms with Crippen molar-refractivity contribution in [2.75, 3.05) is 6.54 Å². The Hall–Kier alpha value is -4.09. The third kappa shape index (κ3) is 6.24. The summed E-state index contributed by atoms with van der Waals surface area (Å²) in [7, 11) is 0. The molecule has 1 saturated heterocycles. The lowest BCUT2D eigenvalue weighted by Crippen LogP contribution is -2.51. The number of amides is 3. The van der Waals surface area contributed by atoms with Crippen molar-refractivity contribution in [2.45, 2.75) is 64.6 Å². The standard InChI is InChI=1S/C26H30F2N6O4/c1-14-6-4-5-9-34(14)23(35)12-20(32-26(37)21-10-15(2)38-33-21)25(36)30-16(3)24-29-13-22(31-24)18-8-7-17(27)11-19(18)28/h7-8,10-11,13-14,16,20H,4-6,9,12H2,1-3H3,(H,29,31)(H,30,36)(H,32,37)/t14-,16?,20?/m0/s1. The van der Waals surface area contributed by atoms with E-state index < -0.39 is 35.5 Å². The Kier molecular flexibility index (Phi) is 8.18. The number of aromatic amines is 1. The van der Waals surface area contributed by atoms with Crippen LogP contribution in [0.3, 0.4) is 0 Å². The van der Waals surface area contributed by atoms with Gasteiger partial charge in [0.05, 0.1) is 24.4 Å². The van der Waals surface area contributed by atoms with E-state index in [0.717, 1.165) is 31.4 Å². The maximum Gasteiger partial charge on any atom is 0.274 e. The van der Waals surface area contributed by atoms with E-state index in [-0.39, 0.29) is 29.6 Å². The van der Waals surface area contributed by atoms with Crippen LogP contribution in [0.25, 0.3) is 11.3 Å². The molecule has 1 aromatic carbocycles. The van der Waals surface area contributed by atoms with Crippen molar-refractivity contribution < 1.29 is 27.7 Å². The molecule has 3 aromatic rings. The van der Waals surface area contributed by atoms with E-state index in [4.69, 9.17) is 4.52 Å². The first-order valence-electron chi connectivity index (χ1n) is 12.5. The van der Waals surface area contributed by atoms with Gasteiger partial charge in [-0.3, -0.25) is 14.4 Å². The number of likely N-dealkylation sites (tertiary alicyclic amines) is 1. The average molecular weight is 529 g/mol. The van der Waals surface area contributed by atoms with E-state index in [1.165, 1.54) is 18.3 Å². The molecule has 202 valence electrons. The van der Waals surface area contributed by atoms with Gasteiger partial charge in [-0.25, -0.2) is 13.8 Å². The molecule has 0 saturated carbocycles. The van der Waals surface area contributed by atoms with E-state index in [0.29, 0.717) is 23.8 Å². The van der Waals surface area contributed by atoms with Crippen LogP contribution in [0.5, 0.6) is 0 Å². The number of aromatic nitrogens is 3. The second kappa shape index (κ2) is 11.5. The average Bonchev–Trinajstić information content (AvgIpc) is 3.53. The summed E-state index contributed by atoms with van der Waals surface area (Å²) >= 11 is 0. The molecule has 3 atom stereocenters. The molecule has 3 N–H and O–H groups in total. The molecule has 4 rings (SSSR count). The van der Waals surface area contributed by atoms with E-state index in [1.54, 1.807) is 18.7 Å². The molecule has 10 nitrogen and oxygen atoms in total. The molecular formula is C26H30F2N6O4. The Morgan fingerprint density at radius 3 is 2.68 bits per heavy atom. The highest BCUT2D eigenvalue weighted by Gasteiger charge is 2.31. The van der Waals surface area contributed by atoms with Gasteiger partial charge in [0, 0.05) is 30.3 Å². The fourth-order valence-electron chi connectivity index (χ4n) is 4.46. The summed E-state index contributed by atoms with van der Waals surface area (Å²) in [6.07, 6.45) is 3.92. The van der Waals surface area contributed by atoms with Crippen molar-refractivity contribution in [2.24, 2.45) is 0 Å². The summed E-state index contributed by atoms with van der Waals surface area (Å²) in [6, 6.07) is 2.79. The normalized spacial score (nSPS) is 17.1. The highest BCUT2D eigenvalue weighted by molar-refractivity contribution is 5.97. The quantitative estimate of drug-likeness (QED) is 0.410. The topological polar surface area (TPSA) is 133 Å². The van der Waals surface area contributed by atoms with Crippen LogP contribution in [-0.4, -0.2) is 56.4 Å². The molecule has 1 fully saturated rings. The van der Waals surface area contributed by atoms with Crippen molar-refractivity contribution in [3.05, 3.63) is 59.4 Å². The van der Waals surface area contributed by atoms with Gasteiger partial charge < -0.3 is 25.0 Å². The Morgan fingerprint density at radius 1 is 1.21 bits per heavy atom. The molecule has 2 unspecified atom stereocenters. The van der Waals surface area contributed by atoms with Gasteiger partial charge in [0.1, 0.15) is 29.3 Å². The van der Waals surface area contributed by atoms with Crippen LogP contribution in [0.1, 0.15) is 67.6 Å². The number of hydrogen-bond donors (Lipinski definition) is 3. The molecule has 0 radical (unpaired) electrons. The minimum absolute atomic E-state index is 0.0101. The van der Waals surface area contributed by atoms with Crippen molar-refractivity contribution >= 4 is 17.7 Å². The second-order valence-electron chi connectivity index (χ2n) is 9.52. The van der Waals surface area contributed by atoms with E-state index in [9.17, 15) is 23.2 Å². The molecule has 1 aliphatic heterocycles. The first-order chi connectivity index (χ1) is 18.1. The zero-order valence-corrected chi connectivity index (χ0v) is 21.4. The monoisotopic (exact) mass is 528 g/mol. The Balaban J connectivity index is 1.49. The highest BCUT2D eigenvalue weighted by Crippen LogP contribution is 2.23. The smallest absolute Gasteiger partial charge is 0.274 e. The van der Waals surface area contributed by atoms with E-state index >= 15 is 0 Å². The molecule has 1 aliphatic rings. The van der Waals surface area contributed by atoms with Crippen LogP contribution in [0.2, 0.25) is 0 Å². The van der Waals surface area contributed by atoms with Crippen molar-refractivity contribution in [1.82, 2.24) is 30.7 Å². The molecule has 3 amide bonds. The summed E-state index contributed by atoms with van der Waals surface area (Å²) in [5.74, 6) is -2.22. The van der Waals surface area contributed by atoms with Gasteiger partial charge in [-0.05, 0) is 52.2 Å². The van der Waals surface area contributed by atoms with Crippen LogP contribution in [-0.2, 0) is 9.59 Å². The van der Waals surface area contributed by atoms with Crippen molar-refractivity contribution in [3.8, 4) is 11.3 Å². The number of aryl methyl sites for hydroxylation is 1. The molecule has 38 heavy (non-hydrogen) atoms. The molecule has 0 bridgehead atoms. The van der Waals surface area contributed by atoms with Gasteiger partial charge in [0.25, 0.3) is 5.91 Å². The van der Waals surface area contributed by atoms with Crippen LogP contribution in [0.4, 0.5) is 8.78 Å². The van der Waals surface area contributed by atoms with Gasteiger partial charge in [-0.2, -0.15) is 0 Å². The van der Waals surface area contributed by atoms with E-state index in [1.807, 2.05) is 6.92 Å². The van der Waals surface area contributed by atoms with Gasteiger partial charge in [0.2, 0.25) is 11.8 Å². The summed E-state index contributed by atoms with van der Waals surface area (Å²) in [6.45, 7) is 5.84. The highest BCUT2D eigenvalue weighted by atomic mass is 19.1. The van der Waals surface area contributed by atoms with Crippen molar-refractivity contribution in [1.29, 1.82) is 0 Å². The lowest BCUT2D eigenvalue weighted by Gasteiger charge is -2.34. The van der Waals surface area contributed by atoms with Crippen molar-refractivity contribution in [3.63, 3.8) is 0 Å². The Labute approximate surface area is 218 Å². The van der Waals surface area contributed by atoms with Crippen LogP contribution >= 0.6 is 0 Å². The fraction of sp³-hybridized carbons (Fsp3) is 0.423. The van der Waals surface area contributed by atoms with Gasteiger partial charge in [-0.1, -0.05) is 5.16 Å². The number of imidazole rings is 1. The number of nitrogens with zero attached hydrogens (tertiary/aromatic N) is 3. The Morgan fingerprint density at radius 2 is 2.00 bits per heavy atom. The Bertz CT molecular complexity index is 1320. The maximum atomic E-state index is 14.2. The number of carbonyl (C=O) groups is 3. The van der Waals surface area contributed by atoms with Gasteiger partial charge >= 0.3 is 0 Å². The summed E-state index contributed by atoms with van der Waals surface area (Å²) in [5, 5.41) is 9.02. The maximum absolute atomic E-state index is 14.2. The number of halogens is 2. The SMILES string of the molecule is Cc1cc(C(=O)NC(CC(=O)N2CCCC[C@@H]2C)C(=O)NC(C)c2ncc(-c3ccc(F)cc3F)[nH]2)no1. The molecule has 2 aromatic heterocycles. The summed E-state index contributed by atoms with van der Waals surface area (Å²) in [4.78, 5) is 48.0. The zero-order chi connectivity index (χ0) is 27.4. The number of benzene rings is 1. The largest absolute Gasteiger partial charge is 0.361 e. The van der Waals surface area contributed by atoms with Crippen LogP contribution < -0.4 is 10.6 Å². The number of piperidine rings is 1. The number of nitrogens with one attached hydrogen (secondary N) is 3. The molecule has 0 spiro atoms. The summed E-state index contributed by atoms with van der Waals surface area (Å²) < 4.78 is 32.4. The molecule has 3 heterocycles. The minimum atomic E-state index is -1.19. The van der Waals surface area contributed by atoms with E-state index in [2.05, 4.69) is 25.8 Å². The van der Waals surface area contributed by atoms with Gasteiger partial charge in [-0.15, -0.1) is 0 Å². The number of hydrogen-bond acceptors (Lipinski definition) is 6. The van der Waals surface area contributed by atoms with Gasteiger partial charge in [0.15, 0.2) is 5.69 Å². The number of carbonyl (C=O) groups excluding carboxylic acids is 3. The predicted octanol–water partition coefficient (Wildman–Crippen LogP) is 3.42. The third-order valence-electron chi connectivity index (χ3n) is 6.57. The fourth-order valence-corrected chi connectivity index (χ4v) is 4.46.